The standard InChI is InChI=1S/C12H10BrClN2O2/c13-9-5-8(1-2-10(9)14)6-11-15-3-4-16(11)7-12(17)18/h1-5H,6-7H2,(H,17,18). The molecule has 0 aliphatic heterocycles. The van der Waals surface area contributed by atoms with E-state index in [9.17, 15) is 4.79 Å². The van der Waals surface area contributed by atoms with Crippen LogP contribution in [0.25, 0.3) is 0 Å². The Hall–Kier alpha value is -1.33. The lowest BCUT2D eigenvalue weighted by atomic mass is 10.1. The van der Waals surface area contributed by atoms with E-state index >= 15 is 0 Å². The molecule has 0 aliphatic carbocycles. The molecule has 0 unspecified atom stereocenters. The fraction of sp³-hybridized carbons (Fsp3) is 0.167. The van der Waals surface area contributed by atoms with E-state index in [4.69, 9.17) is 16.7 Å². The zero-order chi connectivity index (χ0) is 13.1. The molecule has 0 spiro atoms. The van der Waals surface area contributed by atoms with Gasteiger partial charge in [0.2, 0.25) is 0 Å². The van der Waals surface area contributed by atoms with Crippen molar-refractivity contribution in [1.82, 2.24) is 9.55 Å². The number of halogens is 2. The SMILES string of the molecule is O=C(O)Cn1ccnc1Cc1ccc(Cl)c(Br)c1. The van der Waals surface area contributed by atoms with Crippen molar-refractivity contribution in [2.75, 3.05) is 0 Å². The molecule has 0 fully saturated rings. The molecule has 0 aliphatic rings. The lowest BCUT2D eigenvalue weighted by Crippen LogP contribution is -2.11. The summed E-state index contributed by atoms with van der Waals surface area (Å²) in [4.78, 5) is 14.9. The average Bonchev–Trinajstić information content (AvgIpc) is 2.70. The number of imidazole rings is 1. The molecule has 1 aromatic carbocycles. The van der Waals surface area contributed by atoms with Crippen molar-refractivity contribution in [2.45, 2.75) is 13.0 Å². The molecule has 0 radical (unpaired) electrons. The molecule has 1 aromatic heterocycles. The van der Waals surface area contributed by atoms with E-state index in [2.05, 4.69) is 20.9 Å². The van der Waals surface area contributed by atoms with E-state index in [1.807, 2.05) is 12.1 Å². The molecule has 0 amide bonds. The molecule has 4 nitrogen and oxygen atoms in total. The van der Waals surface area contributed by atoms with Crippen LogP contribution in [0.4, 0.5) is 0 Å². The summed E-state index contributed by atoms with van der Waals surface area (Å²) in [5, 5.41) is 9.43. The average molecular weight is 330 g/mol. The lowest BCUT2D eigenvalue weighted by molar-refractivity contribution is -0.137. The number of hydrogen-bond donors (Lipinski definition) is 1. The van der Waals surface area contributed by atoms with Crippen LogP contribution in [0.1, 0.15) is 11.4 Å². The van der Waals surface area contributed by atoms with Gasteiger partial charge in [-0.3, -0.25) is 4.79 Å². The van der Waals surface area contributed by atoms with Crippen molar-refractivity contribution < 1.29 is 9.90 Å². The maximum Gasteiger partial charge on any atom is 0.323 e. The predicted octanol–water partition coefficient (Wildman–Crippen LogP) is 2.97. The Kier molecular flexibility index (Phi) is 4.04. The molecule has 0 bridgehead atoms. The number of aliphatic carboxylic acids is 1. The number of nitrogens with zero attached hydrogens (tertiary/aromatic N) is 2. The van der Waals surface area contributed by atoms with E-state index in [-0.39, 0.29) is 6.54 Å². The Morgan fingerprint density at radius 3 is 2.94 bits per heavy atom. The maximum atomic E-state index is 10.7. The van der Waals surface area contributed by atoms with Crippen molar-refractivity contribution >= 4 is 33.5 Å². The summed E-state index contributed by atoms with van der Waals surface area (Å²) in [6.07, 6.45) is 3.83. The van der Waals surface area contributed by atoms with Gasteiger partial charge in [0.15, 0.2) is 0 Å². The minimum Gasteiger partial charge on any atom is -0.480 e. The van der Waals surface area contributed by atoms with Crippen LogP contribution in [0.15, 0.2) is 35.1 Å². The van der Waals surface area contributed by atoms with E-state index in [1.165, 1.54) is 0 Å². The van der Waals surface area contributed by atoms with Gasteiger partial charge in [-0.1, -0.05) is 17.7 Å². The first-order valence-corrected chi connectivity index (χ1v) is 6.39. The smallest absolute Gasteiger partial charge is 0.323 e. The Morgan fingerprint density at radius 2 is 2.28 bits per heavy atom. The Bertz CT molecular complexity index is 583. The van der Waals surface area contributed by atoms with Gasteiger partial charge in [0.05, 0.1) is 5.02 Å². The monoisotopic (exact) mass is 328 g/mol. The van der Waals surface area contributed by atoms with Crippen molar-refractivity contribution in [1.29, 1.82) is 0 Å². The molecule has 0 atom stereocenters. The van der Waals surface area contributed by atoms with E-state index in [1.54, 1.807) is 23.0 Å². The first-order valence-electron chi connectivity index (χ1n) is 5.22. The maximum absolute atomic E-state index is 10.7. The van der Waals surface area contributed by atoms with Crippen LogP contribution < -0.4 is 0 Å². The Balaban J connectivity index is 2.20. The highest BCUT2D eigenvalue weighted by atomic mass is 79.9. The Morgan fingerprint density at radius 1 is 1.50 bits per heavy atom. The zero-order valence-corrected chi connectivity index (χ0v) is 11.6. The number of rotatable bonds is 4. The highest BCUT2D eigenvalue weighted by molar-refractivity contribution is 9.10. The van der Waals surface area contributed by atoms with Gasteiger partial charge >= 0.3 is 5.97 Å². The van der Waals surface area contributed by atoms with Gasteiger partial charge in [-0.15, -0.1) is 0 Å². The molecule has 94 valence electrons. The highest BCUT2D eigenvalue weighted by Gasteiger charge is 2.08. The normalized spacial score (nSPS) is 10.6. The molecular formula is C12H10BrClN2O2. The second-order valence-electron chi connectivity index (χ2n) is 3.79. The van der Waals surface area contributed by atoms with Crippen LogP contribution in [-0.2, 0) is 17.8 Å². The molecule has 0 saturated carbocycles. The summed E-state index contributed by atoms with van der Waals surface area (Å²) in [7, 11) is 0. The predicted molar refractivity (Wildman–Crippen MR) is 71.8 cm³/mol. The summed E-state index contributed by atoms with van der Waals surface area (Å²) in [6, 6.07) is 5.60. The number of hydrogen-bond acceptors (Lipinski definition) is 2. The summed E-state index contributed by atoms with van der Waals surface area (Å²) >= 11 is 9.27. The molecule has 1 N–H and O–H groups in total. The van der Waals surface area contributed by atoms with E-state index in [0.29, 0.717) is 17.3 Å². The van der Waals surface area contributed by atoms with E-state index < -0.39 is 5.97 Å². The van der Waals surface area contributed by atoms with Gasteiger partial charge in [0.1, 0.15) is 12.4 Å². The summed E-state index contributed by atoms with van der Waals surface area (Å²) in [5.74, 6) is -0.168. The molecule has 0 saturated heterocycles. The first-order chi connectivity index (χ1) is 8.56. The van der Waals surface area contributed by atoms with Crippen LogP contribution in [0.5, 0.6) is 0 Å². The summed E-state index contributed by atoms with van der Waals surface area (Å²) in [5.41, 5.74) is 1.02. The van der Waals surface area contributed by atoms with Gasteiger partial charge in [-0.05, 0) is 33.6 Å². The van der Waals surface area contributed by atoms with Crippen LogP contribution in [0, 0.1) is 0 Å². The molecule has 2 rings (SSSR count). The summed E-state index contributed by atoms with van der Waals surface area (Å²) < 4.78 is 2.43. The second kappa shape index (κ2) is 5.54. The highest BCUT2D eigenvalue weighted by Crippen LogP contribution is 2.24. The second-order valence-corrected chi connectivity index (χ2v) is 5.05. The van der Waals surface area contributed by atoms with Crippen LogP contribution in [0.3, 0.4) is 0 Å². The Labute approximate surface area is 117 Å². The third kappa shape index (κ3) is 3.11. The molecule has 1 heterocycles. The van der Waals surface area contributed by atoms with Crippen molar-refractivity contribution in [3.63, 3.8) is 0 Å². The van der Waals surface area contributed by atoms with Gasteiger partial charge < -0.3 is 9.67 Å². The van der Waals surface area contributed by atoms with Gasteiger partial charge in [0, 0.05) is 23.3 Å². The fourth-order valence-corrected chi connectivity index (χ4v) is 2.17. The van der Waals surface area contributed by atoms with Crippen molar-refractivity contribution in [3.05, 3.63) is 51.5 Å². The van der Waals surface area contributed by atoms with Crippen molar-refractivity contribution in [3.8, 4) is 0 Å². The van der Waals surface area contributed by atoms with Crippen LogP contribution in [-0.4, -0.2) is 20.6 Å². The quantitative estimate of drug-likeness (QED) is 0.938. The molecule has 2 aromatic rings. The number of carbonyl (C=O) groups is 1. The molecule has 6 heteroatoms. The lowest BCUT2D eigenvalue weighted by Gasteiger charge is -2.06. The number of benzene rings is 1. The third-order valence-electron chi connectivity index (χ3n) is 2.45. The molecular weight excluding hydrogens is 320 g/mol. The molecule has 18 heavy (non-hydrogen) atoms. The van der Waals surface area contributed by atoms with Crippen molar-refractivity contribution in [2.24, 2.45) is 0 Å². The van der Waals surface area contributed by atoms with Gasteiger partial charge in [-0.2, -0.15) is 0 Å². The summed E-state index contributed by atoms with van der Waals surface area (Å²) in [6.45, 7) is -0.0793. The largest absolute Gasteiger partial charge is 0.480 e. The van der Waals surface area contributed by atoms with E-state index in [0.717, 1.165) is 10.0 Å². The fourth-order valence-electron chi connectivity index (χ4n) is 1.63. The number of aromatic nitrogens is 2. The first kappa shape index (κ1) is 13.1. The number of carboxylic acids is 1. The van der Waals surface area contributed by atoms with Gasteiger partial charge in [-0.25, -0.2) is 4.98 Å². The minimum absolute atomic E-state index is 0.0793. The third-order valence-corrected chi connectivity index (χ3v) is 3.67. The van der Waals surface area contributed by atoms with Crippen LogP contribution in [0.2, 0.25) is 5.02 Å². The van der Waals surface area contributed by atoms with Gasteiger partial charge in [0.25, 0.3) is 0 Å². The number of carboxylic acid groups (broad SMARTS) is 1. The topological polar surface area (TPSA) is 55.1 Å². The van der Waals surface area contributed by atoms with Crippen LogP contribution >= 0.6 is 27.5 Å². The zero-order valence-electron chi connectivity index (χ0n) is 9.31. The minimum atomic E-state index is -0.883.